The van der Waals surface area contributed by atoms with Crippen LogP contribution in [0.15, 0.2) is 11.3 Å². The number of rotatable bonds is 14. The van der Waals surface area contributed by atoms with Gasteiger partial charge in [-0.3, -0.25) is 4.79 Å². The highest BCUT2D eigenvalue weighted by Gasteiger charge is 2.42. The molecule has 0 aromatic heterocycles. The van der Waals surface area contributed by atoms with Crippen LogP contribution in [-0.2, 0) is 16.1 Å². The zero-order chi connectivity index (χ0) is 27.7. The van der Waals surface area contributed by atoms with Crippen molar-refractivity contribution >= 4 is 29.6 Å². The minimum absolute atomic E-state index is 0.0477. The molecule has 38 heavy (non-hydrogen) atoms. The predicted molar refractivity (Wildman–Crippen MR) is 131 cm³/mol. The largest absolute Gasteiger partial charge is 0.356 e. The van der Waals surface area contributed by atoms with Crippen LogP contribution in [0.4, 0.5) is 22.4 Å². The fourth-order valence-corrected chi connectivity index (χ4v) is 5.97. The number of azide groups is 1. The maximum absolute atomic E-state index is 13.9. The van der Waals surface area contributed by atoms with Gasteiger partial charge in [0, 0.05) is 30.0 Å². The van der Waals surface area contributed by atoms with Crippen molar-refractivity contribution in [2.24, 2.45) is 5.22 Å². The van der Waals surface area contributed by atoms with Crippen LogP contribution in [0.5, 0.6) is 0 Å². The van der Waals surface area contributed by atoms with E-state index in [9.17, 15) is 31.9 Å². The average molecular weight is 560 g/mol. The maximum atomic E-state index is 13.9. The molecule has 0 spiro atoms. The van der Waals surface area contributed by atoms with E-state index in [-0.39, 0.29) is 36.5 Å². The van der Waals surface area contributed by atoms with Crippen LogP contribution in [0.1, 0.15) is 56.9 Å². The van der Waals surface area contributed by atoms with Gasteiger partial charge in [-0.1, -0.05) is 12.8 Å². The molecule has 2 aliphatic heterocycles. The number of unbranched alkanes of at least 4 members (excludes halogenated alkanes) is 3. The van der Waals surface area contributed by atoms with Crippen LogP contribution in [0.25, 0.3) is 10.4 Å². The second-order valence-electron chi connectivity index (χ2n) is 9.11. The fraction of sp³-hybridized carbons (Fsp3) is 0.609. The Bertz CT molecular complexity index is 1060. The molecule has 0 saturated carbocycles. The topological polar surface area (TPSA) is 139 Å². The van der Waals surface area contributed by atoms with Gasteiger partial charge in [-0.2, -0.15) is 21.7 Å². The molecule has 0 radical (unpaired) electrons. The van der Waals surface area contributed by atoms with Crippen molar-refractivity contribution in [2.45, 2.75) is 75.2 Å². The molecule has 2 aliphatic rings. The summed E-state index contributed by atoms with van der Waals surface area (Å²) in [6, 6.07) is 0.265. The number of carbonyl (C=O) groups is 3. The highest BCUT2D eigenvalue weighted by Crippen LogP contribution is 2.33. The first-order valence-electron chi connectivity index (χ1n) is 12.3. The van der Waals surface area contributed by atoms with Crippen LogP contribution in [0.2, 0.25) is 0 Å². The van der Waals surface area contributed by atoms with Crippen molar-refractivity contribution < 1.29 is 31.9 Å². The molecular formula is C23H29F4N7O3S. The Hall–Kier alpha value is -3.19. The lowest BCUT2D eigenvalue weighted by atomic mass is 10.0. The lowest BCUT2D eigenvalue weighted by molar-refractivity contribution is -0.132. The normalized spacial score (nSPS) is 19.8. The number of benzene rings is 1. The molecule has 2 heterocycles. The summed E-state index contributed by atoms with van der Waals surface area (Å²) in [7, 11) is 0. The van der Waals surface area contributed by atoms with E-state index in [0.717, 1.165) is 25.0 Å². The Kier molecular flexibility index (Phi) is 10.9. The molecular weight excluding hydrogens is 530 g/mol. The van der Waals surface area contributed by atoms with Crippen molar-refractivity contribution in [3.8, 4) is 0 Å². The quantitative estimate of drug-likeness (QED) is 0.0459. The first-order valence-corrected chi connectivity index (χ1v) is 13.4. The summed E-state index contributed by atoms with van der Waals surface area (Å²) >= 11 is 1.83. The van der Waals surface area contributed by atoms with Gasteiger partial charge in [0.25, 0.3) is 0 Å². The summed E-state index contributed by atoms with van der Waals surface area (Å²) in [4.78, 5) is 38.2. The standard InChI is InChI=1S/C23H29F4N7O3S/c24-14-10-15(25)21(27)13(20(14)26)11-34(33-32-28)19(36)8-2-1-5-9-29-18(35)7-4-3-6-17-22-16(12-38-17)30-23(37)31-22/h10,16-17,22H,1-9,11-12H2,(H,29,35)(H2,30,31,37)/t16-,17-,22-/m0/s1. The molecule has 10 nitrogen and oxygen atoms in total. The number of carbonyl (C=O) groups excluding carboxylic acids is 3. The molecule has 0 unspecified atom stereocenters. The minimum atomic E-state index is -1.67. The number of amides is 4. The summed E-state index contributed by atoms with van der Waals surface area (Å²) in [5.41, 5.74) is 7.60. The SMILES string of the molecule is [N-]=[N+]=NN(Cc1c(F)c(F)cc(F)c1F)C(=O)CCCCCNC(=O)CCCC[C@@H]1SC[C@@H]2NC(=O)N[C@@H]21. The van der Waals surface area contributed by atoms with E-state index in [1.807, 2.05) is 11.8 Å². The number of urea groups is 1. The lowest BCUT2D eigenvalue weighted by Crippen LogP contribution is -2.36. The number of nitrogens with zero attached hydrogens (tertiary/aromatic N) is 4. The van der Waals surface area contributed by atoms with Crippen molar-refractivity contribution in [2.75, 3.05) is 12.3 Å². The van der Waals surface area contributed by atoms with Gasteiger partial charge < -0.3 is 16.0 Å². The number of halogens is 4. The van der Waals surface area contributed by atoms with Crippen LogP contribution >= 0.6 is 11.8 Å². The average Bonchev–Trinajstić information content (AvgIpc) is 3.43. The zero-order valence-electron chi connectivity index (χ0n) is 20.5. The Morgan fingerprint density at radius 1 is 1.08 bits per heavy atom. The molecule has 15 heteroatoms. The summed E-state index contributed by atoms with van der Waals surface area (Å²) in [5, 5.41) is 12.5. The Labute approximate surface area is 220 Å². The molecule has 3 rings (SSSR count). The second kappa shape index (κ2) is 14.1. The van der Waals surface area contributed by atoms with Crippen molar-refractivity contribution in [3.63, 3.8) is 0 Å². The second-order valence-corrected chi connectivity index (χ2v) is 10.4. The lowest BCUT2D eigenvalue weighted by Gasteiger charge is -2.16. The van der Waals surface area contributed by atoms with Gasteiger partial charge in [0.2, 0.25) is 5.91 Å². The number of nitrogens with one attached hydrogen (secondary N) is 3. The molecule has 1 aromatic carbocycles. The van der Waals surface area contributed by atoms with Crippen LogP contribution in [0.3, 0.4) is 0 Å². The molecule has 1 aromatic rings. The number of hydrogen-bond donors (Lipinski definition) is 3. The first kappa shape index (κ1) is 29.4. The highest BCUT2D eigenvalue weighted by molar-refractivity contribution is 8.00. The third-order valence-electron chi connectivity index (χ3n) is 6.42. The molecule has 4 amide bonds. The van der Waals surface area contributed by atoms with Gasteiger partial charge in [0.1, 0.15) is 6.54 Å². The third kappa shape index (κ3) is 7.90. The summed E-state index contributed by atoms with van der Waals surface area (Å²) in [6.07, 6.45) is 4.25. The van der Waals surface area contributed by atoms with E-state index in [2.05, 4.69) is 26.1 Å². The molecule has 0 aliphatic carbocycles. The van der Waals surface area contributed by atoms with E-state index in [0.29, 0.717) is 42.5 Å². The number of fused-ring (bicyclic) bond motifs is 1. The van der Waals surface area contributed by atoms with Gasteiger partial charge in [-0.25, -0.2) is 27.2 Å². The molecule has 0 bridgehead atoms. The number of hydrogen-bond acceptors (Lipinski definition) is 5. The molecule has 3 N–H and O–H groups in total. The summed E-state index contributed by atoms with van der Waals surface area (Å²) < 4.78 is 54.6. The maximum Gasteiger partial charge on any atom is 0.315 e. The highest BCUT2D eigenvalue weighted by atomic mass is 32.2. The van der Waals surface area contributed by atoms with E-state index in [1.54, 1.807) is 0 Å². The van der Waals surface area contributed by atoms with Gasteiger partial charge in [0.15, 0.2) is 23.3 Å². The van der Waals surface area contributed by atoms with Crippen LogP contribution < -0.4 is 16.0 Å². The monoisotopic (exact) mass is 559 g/mol. The molecule has 2 fully saturated rings. The Balaban J connectivity index is 1.28. The predicted octanol–water partition coefficient (Wildman–Crippen LogP) is 4.20. The number of thioether (sulfide) groups is 1. The smallest absolute Gasteiger partial charge is 0.315 e. The molecule has 2 saturated heterocycles. The van der Waals surface area contributed by atoms with Gasteiger partial charge in [-0.05, 0) is 30.9 Å². The van der Waals surface area contributed by atoms with Crippen molar-refractivity contribution in [1.29, 1.82) is 0 Å². The summed E-state index contributed by atoms with van der Waals surface area (Å²) in [5.74, 6) is -6.54. The van der Waals surface area contributed by atoms with E-state index < -0.39 is 41.3 Å². The zero-order valence-corrected chi connectivity index (χ0v) is 21.3. The molecule has 3 atom stereocenters. The molecule has 208 valence electrons. The fourth-order valence-electron chi connectivity index (χ4n) is 4.43. The van der Waals surface area contributed by atoms with E-state index in [4.69, 9.17) is 5.53 Å². The van der Waals surface area contributed by atoms with E-state index >= 15 is 0 Å². The summed E-state index contributed by atoms with van der Waals surface area (Å²) in [6.45, 7) is -0.552. The minimum Gasteiger partial charge on any atom is -0.356 e. The van der Waals surface area contributed by atoms with Crippen molar-refractivity contribution in [1.82, 2.24) is 21.0 Å². The Morgan fingerprint density at radius 2 is 1.79 bits per heavy atom. The van der Waals surface area contributed by atoms with E-state index in [1.165, 1.54) is 0 Å². The van der Waals surface area contributed by atoms with Gasteiger partial charge in [-0.15, -0.1) is 5.53 Å². The van der Waals surface area contributed by atoms with Crippen molar-refractivity contribution in [3.05, 3.63) is 45.3 Å². The van der Waals surface area contributed by atoms with Crippen LogP contribution in [-0.4, -0.2) is 52.5 Å². The van der Waals surface area contributed by atoms with Crippen LogP contribution in [0, 0.1) is 23.3 Å². The first-order chi connectivity index (χ1) is 18.2. The van der Waals surface area contributed by atoms with Gasteiger partial charge in [0.05, 0.1) is 24.1 Å². The Morgan fingerprint density at radius 3 is 2.50 bits per heavy atom. The third-order valence-corrected chi connectivity index (χ3v) is 7.93. The van der Waals surface area contributed by atoms with Gasteiger partial charge >= 0.3 is 11.9 Å².